The molecular formula is C30H30BNO2. The number of anilines is 2. The van der Waals surface area contributed by atoms with Crippen LogP contribution in [0.3, 0.4) is 0 Å². The second-order valence-electron chi connectivity index (χ2n) is 9.82. The summed E-state index contributed by atoms with van der Waals surface area (Å²) in [6.07, 6.45) is 0. The zero-order chi connectivity index (χ0) is 23.8. The molecule has 0 aromatic heterocycles. The lowest BCUT2D eigenvalue weighted by Gasteiger charge is -2.32. The lowest BCUT2D eigenvalue weighted by atomic mass is 9.79. The van der Waals surface area contributed by atoms with Gasteiger partial charge in [0.15, 0.2) is 0 Å². The summed E-state index contributed by atoms with van der Waals surface area (Å²) >= 11 is 0. The van der Waals surface area contributed by atoms with Crippen LogP contribution in [-0.4, -0.2) is 18.3 Å². The molecule has 1 heterocycles. The summed E-state index contributed by atoms with van der Waals surface area (Å²) in [5.41, 5.74) is 7.21. The first-order chi connectivity index (χ1) is 16.3. The van der Waals surface area contributed by atoms with Gasteiger partial charge in [0.05, 0.1) is 11.2 Å². The van der Waals surface area contributed by atoms with E-state index >= 15 is 0 Å². The smallest absolute Gasteiger partial charge is 0.399 e. The van der Waals surface area contributed by atoms with Gasteiger partial charge in [0.1, 0.15) is 0 Å². The standard InChI is InChI=1S/C30H30BNO2/c1-29(2)30(3,4)34-31(33-29)25-18-20-26(21-19-25)32-28-13-9-8-12-27(28)24-16-14-23(15-17-24)22-10-6-5-7-11-22/h5-21,32H,1-4H3. The molecule has 0 saturated carbocycles. The van der Waals surface area contributed by atoms with E-state index in [2.05, 4.69) is 130 Å². The molecule has 0 bridgehead atoms. The quantitative estimate of drug-likeness (QED) is 0.332. The Kier molecular flexibility index (Phi) is 5.80. The Morgan fingerprint density at radius 2 is 1.09 bits per heavy atom. The van der Waals surface area contributed by atoms with Gasteiger partial charge in [-0.25, -0.2) is 0 Å². The minimum Gasteiger partial charge on any atom is -0.399 e. The Morgan fingerprint density at radius 3 is 1.74 bits per heavy atom. The number of hydrogen-bond donors (Lipinski definition) is 1. The predicted octanol–water partition coefficient (Wildman–Crippen LogP) is 7.06. The van der Waals surface area contributed by atoms with Crippen LogP contribution in [0.5, 0.6) is 0 Å². The predicted molar refractivity (Wildman–Crippen MR) is 143 cm³/mol. The molecule has 1 aliphatic heterocycles. The highest BCUT2D eigenvalue weighted by atomic mass is 16.7. The first-order valence-corrected chi connectivity index (χ1v) is 11.8. The molecule has 0 atom stereocenters. The molecule has 1 N–H and O–H groups in total. The molecule has 170 valence electrons. The minimum atomic E-state index is -0.352. The largest absolute Gasteiger partial charge is 0.494 e. The first kappa shape index (κ1) is 22.5. The van der Waals surface area contributed by atoms with Gasteiger partial charge in [-0.05, 0) is 68.0 Å². The maximum atomic E-state index is 6.18. The van der Waals surface area contributed by atoms with E-state index in [1.807, 2.05) is 6.07 Å². The Bertz CT molecular complexity index is 1250. The average Bonchev–Trinajstić information content (AvgIpc) is 3.07. The summed E-state index contributed by atoms with van der Waals surface area (Å²) in [5.74, 6) is 0. The van der Waals surface area contributed by atoms with Gasteiger partial charge in [0.2, 0.25) is 0 Å². The van der Waals surface area contributed by atoms with Gasteiger partial charge in [0.25, 0.3) is 0 Å². The molecule has 0 radical (unpaired) electrons. The fraction of sp³-hybridized carbons (Fsp3) is 0.200. The molecular weight excluding hydrogens is 417 g/mol. The van der Waals surface area contributed by atoms with Crippen molar-refractivity contribution >= 4 is 24.0 Å². The molecule has 5 rings (SSSR count). The van der Waals surface area contributed by atoms with E-state index < -0.39 is 0 Å². The fourth-order valence-electron chi connectivity index (χ4n) is 4.17. The third-order valence-corrected chi connectivity index (χ3v) is 6.95. The van der Waals surface area contributed by atoms with Crippen molar-refractivity contribution in [3.8, 4) is 22.3 Å². The Morgan fingerprint density at radius 1 is 0.559 bits per heavy atom. The Hall–Kier alpha value is -3.34. The molecule has 4 heteroatoms. The highest BCUT2D eigenvalue weighted by Gasteiger charge is 2.51. The van der Waals surface area contributed by atoms with E-state index in [1.165, 1.54) is 16.7 Å². The van der Waals surface area contributed by atoms with Gasteiger partial charge in [-0.3, -0.25) is 0 Å². The van der Waals surface area contributed by atoms with Gasteiger partial charge in [-0.1, -0.05) is 84.9 Å². The number of hydrogen-bond acceptors (Lipinski definition) is 3. The second-order valence-corrected chi connectivity index (χ2v) is 9.82. The molecule has 4 aromatic rings. The molecule has 34 heavy (non-hydrogen) atoms. The van der Waals surface area contributed by atoms with Crippen molar-refractivity contribution in [2.24, 2.45) is 0 Å². The normalized spacial score (nSPS) is 16.4. The topological polar surface area (TPSA) is 30.5 Å². The van der Waals surface area contributed by atoms with Crippen molar-refractivity contribution < 1.29 is 9.31 Å². The Labute approximate surface area is 202 Å². The van der Waals surface area contributed by atoms with Gasteiger partial charge in [0, 0.05) is 16.9 Å². The molecule has 3 nitrogen and oxygen atoms in total. The summed E-state index contributed by atoms with van der Waals surface area (Å²) in [6, 6.07) is 35.9. The number of rotatable bonds is 5. The van der Waals surface area contributed by atoms with Crippen LogP contribution in [0.4, 0.5) is 11.4 Å². The maximum Gasteiger partial charge on any atom is 0.494 e. The zero-order valence-corrected chi connectivity index (χ0v) is 20.2. The van der Waals surface area contributed by atoms with Gasteiger partial charge in [-0.2, -0.15) is 0 Å². The van der Waals surface area contributed by atoms with E-state index in [0.29, 0.717) is 0 Å². The number of para-hydroxylation sites is 1. The molecule has 1 fully saturated rings. The molecule has 1 aliphatic rings. The van der Waals surface area contributed by atoms with Crippen molar-refractivity contribution in [2.45, 2.75) is 38.9 Å². The van der Waals surface area contributed by atoms with Crippen molar-refractivity contribution in [1.82, 2.24) is 0 Å². The molecule has 0 amide bonds. The van der Waals surface area contributed by atoms with Crippen molar-refractivity contribution in [3.05, 3.63) is 103 Å². The zero-order valence-electron chi connectivity index (χ0n) is 20.2. The van der Waals surface area contributed by atoms with Crippen LogP contribution in [0.1, 0.15) is 27.7 Å². The summed E-state index contributed by atoms with van der Waals surface area (Å²) in [7, 11) is -0.352. The number of nitrogens with one attached hydrogen (secondary N) is 1. The first-order valence-electron chi connectivity index (χ1n) is 11.8. The van der Waals surface area contributed by atoms with Gasteiger partial charge < -0.3 is 14.6 Å². The average molecular weight is 447 g/mol. The maximum absolute atomic E-state index is 6.18. The second kappa shape index (κ2) is 8.79. The van der Waals surface area contributed by atoms with Crippen molar-refractivity contribution in [3.63, 3.8) is 0 Å². The summed E-state index contributed by atoms with van der Waals surface area (Å²) in [5, 5.41) is 3.59. The van der Waals surface area contributed by atoms with Crippen LogP contribution in [0.25, 0.3) is 22.3 Å². The monoisotopic (exact) mass is 447 g/mol. The summed E-state index contributed by atoms with van der Waals surface area (Å²) in [6.45, 7) is 8.30. The third kappa shape index (κ3) is 4.39. The van der Waals surface area contributed by atoms with Crippen LogP contribution >= 0.6 is 0 Å². The van der Waals surface area contributed by atoms with Gasteiger partial charge in [-0.15, -0.1) is 0 Å². The van der Waals surface area contributed by atoms with E-state index in [-0.39, 0.29) is 18.3 Å². The SMILES string of the molecule is CC1(C)OB(c2ccc(Nc3ccccc3-c3ccc(-c4ccccc4)cc3)cc2)OC1(C)C. The van der Waals surface area contributed by atoms with Crippen molar-refractivity contribution in [1.29, 1.82) is 0 Å². The van der Waals surface area contributed by atoms with Crippen molar-refractivity contribution in [2.75, 3.05) is 5.32 Å². The lowest BCUT2D eigenvalue weighted by molar-refractivity contribution is 0.00578. The Balaban J connectivity index is 1.35. The molecule has 1 saturated heterocycles. The lowest BCUT2D eigenvalue weighted by Crippen LogP contribution is -2.41. The van der Waals surface area contributed by atoms with E-state index in [9.17, 15) is 0 Å². The molecule has 0 unspecified atom stereocenters. The van der Waals surface area contributed by atoms with E-state index in [4.69, 9.17) is 9.31 Å². The molecule has 0 spiro atoms. The van der Waals surface area contributed by atoms with Crippen LogP contribution in [0.15, 0.2) is 103 Å². The third-order valence-electron chi connectivity index (χ3n) is 6.95. The molecule has 4 aromatic carbocycles. The van der Waals surface area contributed by atoms with E-state index in [1.54, 1.807) is 0 Å². The van der Waals surface area contributed by atoms with Crippen LogP contribution in [0.2, 0.25) is 0 Å². The van der Waals surface area contributed by atoms with Crippen LogP contribution in [0, 0.1) is 0 Å². The molecule has 0 aliphatic carbocycles. The van der Waals surface area contributed by atoms with E-state index in [0.717, 1.165) is 22.4 Å². The highest BCUT2D eigenvalue weighted by Crippen LogP contribution is 2.37. The van der Waals surface area contributed by atoms with Crippen LogP contribution < -0.4 is 10.8 Å². The van der Waals surface area contributed by atoms with Crippen LogP contribution in [-0.2, 0) is 9.31 Å². The van der Waals surface area contributed by atoms with Gasteiger partial charge >= 0.3 is 7.12 Å². The summed E-state index contributed by atoms with van der Waals surface area (Å²) < 4.78 is 12.4. The fourth-order valence-corrected chi connectivity index (χ4v) is 4.17. The number of benzene rings is 4. The summed E-state index contributed by atoms with van der Waals surface area (Å²) in [4.78, 5) is 0. The minimum absolute atomic E-state index is 0.344. The highest BCUT2D eigenvalue weighted by molar-refractivity contribution is 6.62.